The van der Waals surface area contributed by atoms with Crippen LogP contribution in [0.25, 0.3) is 10.9 Å². The van der Waals surface area contributed by atoms with Crippen molar-refractivity contribution in [3.63, 3.8) is 0 Å². The summed E-state index contributed by atoms with van der Waals surface area (Å²) < 4.78 is 43.8. The molecule has 0 spiro atoms. The van der Waals surface area contributed by atoms with Gasteiger partial charge in [0.05, 0.1) is 29.0 Å². The van der Waals surface area contributed by atoms with Crippen molar-refractivity contribution in [3.8, 4) is 11.8 Å². The third kappa shape index (κ3) is 2.67. The van der Waals surface area contributed by atoms with Gasteiger partial charge in [0.15, 0.2) is 11.6 Å². The first kappa shape index (κ1) is 14.2. The van der Waals surface area contributed by atoms with Gasteiger partial charge in [0.25, 0.3) is 6.43 Å². The number of ether oxygens (including phenoxy) is 1. The topological polar surface area (TPSA) is 60.8 Å². The van der Waals surface area contributed by atoms with Crippen molar-refractivity contribution in [2.24, 2.45) is 0 Å². The largest absolute Gasteiger partial charge is 0.424 e. The summed E-state index contributed by atoms with van der Waals surface area (Å²) in [6.07, 6.45) is -0.828. The fourth-order valence-electron chi connectivity index (χ4n) is 1.99. The van der Waals surface area contributed by atoms with Gasteiger partial charge >= 0.3 is 6.01 Å². The van der Waals surface area contributed by atoms with Gasteiger partial charge in [0, 0.05) is 0 Å². The lowest BCUT2D eigenvalue weighted by atomic mass is 10.1. The Kier molecular flexibility index (Phi) is 3.58. The molecular formula is C14H9F3N4O. The molecule has 22 heavy (non-hydrogen) atoms. The van der Waals surface area contributed by atoms with E-state index < -0.39 is 18.1 Å². The van der Waals surface area contributed by atoms with Crippen molar-refractivity contribution < 1.29 is 17.9 Å². The quantitative estimate of drug-likeness (QED) is 0.740. The van der Waals surface area contributed by atoms with E-state index in [1.807, 2.05) is 0 Å². The second kappa shape index (κ2) is 5.55. The molecule has 2 aromatic heterocycles. The van der Waals surface area contributed by atoms with Gasteiger partial charge in [-0.3, -0.25) is 0 Å². The third-order valence-electron chi connectivity index (χ3n) is 2.88. The predicted octanol–water partition coefficient (Wildman–Crippen LogP) is 3.60. The highest BCUT2D eigenvalue weighted by Gasteiger charge is 2.16. The Morgan fingerprint density at radius 3 is 2.50 bits per heavy atom. The zero-order valence-electron chi connectivity index (χ0n) is 11.3. The maximum absolute atomic E-state index is 12.8. The summed E-state index contributed by atoms with van der Waals surface area (Å²) in [6, 6.07) is 4.72. The maximum atomic E-state index is 12.8. The first-order chi connectivity index (χ1) is 10.5. The van der Waals surface area contributed by atoms with Gasteiger partial charge in [-0.15, -0.1) is 0 Å². The second-order valence-corrected chi connectivity index (χ2v) is 4.40. The van der Waals surface area contributed by atoms with Crippen molar-refractivity contribution in [1.29, 1.82) is 0 Å². The molecule has 0 N–H and O–H groups in total. The Labute approximate surface area is 122 Å². The Bertz CT molecular complexity index is 824. The van der Waals surface area contributed by atoms with Crippen LogP contribution in [0.5, 0.6) is 11.8 Å². The van der Waals surface area contributed by atoms with Crippen molar-refractivity contribution in [2.75, 3.05) is 0 Å². The molecule has 1 aromatic carbocycles. The molecule has 0 bridgehead atoms. The molecule has 0 aliphatic heterocycles. The third-order valence-corrected chi connectivity index (χ3v) is 2.88. The van der Waals surface area contributed by atoms with E-state index in [-0.39, 0.29) is 6.01 Å². The van der Waals surface area contributed by atoms with Gasteiger partial charge < -0.3 is 4.74 Å². The molecule has 0 aliphatic carbocycles. The number of hydrogen-bond donors (Lipinski definition) is 0. The summed E-state index contributed by atoms with van der Waals surface area (Å²) in [5.41, 5.74) is 0.667. The lowest BCUT2D eigenvalue weighted by molar-refractivity contribution is 0.140. The van der Waals surface area contributed by atoms with E-state index in [4.69, 9.17) is 4.74 Å². The number of nitrogens with zero attached hydrogens (tertiary/aromatic N) is 4. The van der Waals surface area contributed by atoms with Crippen LogP contribution >= 0.6 is 0 Å². The van der Waals surface area contributed by atoms with Gasteiger partial charge in [-0.05, 0) is 19.1 Å². The van der Waals surface area contributed by atoms with Crippen LogP contribution in [0.15, 0.2) is 30.6 Å². The molecule has 3 rings (SSSR count). The molecular weight excluding hydrogens is 297 g/mol. The van der Waals surface area contributed by atoms with E-state index in [1.165, 1.54) is 0 Å². The molecule has 2 heterocycles. The smallest absolute Gasteiger partial charge is 0.322 e. The normalized spacial score (nSPS) is 11.1. The van der Waals surface area contributed by atoms with Crippen LogP contribution in [0.1, 0.15) is 17.9 Å². The zero-order chi connectivity index (χ0) is 15.7. The predicted molar refractivity (Wildman–Crippen MR) is 71.3 cm³/mol. The van der Waals surface area contributed by atoms with E-state index >= 15 is 0 Å². The summed E-state index contributed by atoms with van der Waals surface area (Å²) in [5, 5.41) is 0.472. The SMILES string of the molecule is Cc1nc(C(F)F)nc2cccc(Oc3ncc(F)cn3)c12. The zero-order valence-corrected chi connectivity index (χ0v) is 11.3. The highest BCUT2D eigenvalue weighted by molar-refractivity contribution is 5.87. The Balaban J connectivity index is 2.08. The van der Waals surface area contributed by atoms with E-state index in [1.54, 1.807) is 25.1 Å². The number of rotatable bonds is 3. The Morgan fingerprint density at radius 1 is 1.09 bits per heavy atom. The molecule has 0 saturated carbocycles. The van der Waals surface area contributed by atoms with E-state index in [2.05, 4.69) is 19.9 Å². The molecule has 0 unspecified atom stereocenters. The molecule has 0 fully saturated rings. The molecule has 0 atom stereocenters. The van der Waals surface area contributed by atoms with Crippen LogP contribution in [0.4, 0.5) is 13.2 Å². The first-order valence-electron chi connectivity index (χ1n) is 6.25. The average molecular weight is 306 g/mol. The Morgan fingerprint density at radius 2 is 1.82 bits per heavy atom. The van der Waals surface area contributed by atoms with Crippen molar-refractivity contribution in [3.05, 3.63) is 47.9 Å². The molecule has 0 radical (unpaired) electrons. The Hall–Kier alpha value is -2.77. The van der Waals surface area contributed by atoms with Gasteiger partial charge in [-0.25, -0.2) is 33.1 Å². The van der Waals surface area contributed by atoms with Crippen LogP contribution in [0, 0.1) is 12.7 Å². The van der Waals surface area contributed by atoms with Gasteiger partial charge in [0.2, 0.25) is 0 Å². The number of benzene rings is 1. The molecule has 0 saturated heterocycles. The number of fused-ring (bicyclic) bond motifs is 1. The van der Waals surface area contributed by atoms with E-state index in [0.29, 0.717) is 22.3 Å². The van der Waals surface area contributed by atoms with Crippen molar-refractivity contribution in [1.82, 2.24) is 19.9 Å². The molecule has 3 aromatic rings. The molecule has 5 nitrogen and oxygen atoms in total. The van der Waals surface area contributed by atoms with E-state index in [0.717, 1.165) is 12.4 Å². The minimum Gasteiger partial charge on any atom is -0.424 e. The summed E-state index contributed by atoms with van der Waals surface area (Å²) in [4.78, 5) is 15.0. The van der Waals surface area contributed by atoms with Crippen LogP contribution in [0.3, 0.4) is 0 Å². The number of halogens is 3. The molecule has 0 amide bonds. The maximum Gasteiger partial charge on any atom is 0.322 e. The summed E-state index contributed by atoms with van der Waals surface area (Å²) in [6.45, 7) is 1.58. The van der Waals surface area contributed by atoms with Crippen LogP contribution in [-0.2, 0) is 0 Å². The van der Waals surface area contributed by atoms with Crippen LogP contribution in [0.2, 0.25) is 0 Å². The summed E-state index contributed by atoms with van der Waals surface area (Å²) in [7, 11) is 0. The standard InChI is InChI=1S/C14H9F3N4O/c1-7-11-9(21-13(20-7)12(16)17)3-2-4-10(11)22-14-18-5-8(15)6-19-14/h2-6,12H,1H3. The lowest BCUT2D eigenvalue weighted by Crippen LogP contribution is -2.00. The highest BCUT2D eigenvalue weighted by atomic mass is 19.3. The minimum atomic E-state index is -2.76. The second-order valence-electron chi connectivity index (χ2n) is 4.40. The first-order valence-corrected chi connectivity index (χ1v) is 6.25. The highest BCUT2D eigenvalue weighted by Crippen LogP contribution is 2.30. The van der Waals surface area contributed by atoms with E-state index in [9.17, 15) is 13.2 Å². The van der Waals surface area contributed by atoms with Crippen molar-refractivity contribution >= 4 is 10.9 Å². The van der Waals surface area contributed by atoms with Crippen molar-refractivity contribution in [2.45, 2.75) is 13.3 Å². The van der Waals surface area contributed by atoms with Gasteiger partial charge in [-0.1, -0.05) is 6.07 Å². The molecule has 0 aliphatic rings. The fraction of sp³-hybridized carbons (Fsp3) is 0.143. The number of aromatic nitrogens is 4. The number of hydrogen-bond acceptors (Lipinski definition) is 5. The average Bonchev–Trinajstić information content (AvgIpc) is 2.49. The number of alkyl halides is 2. The van der Waals surface area contributed by atoms with Gasteiger partial charge in [-0.2, -0.15) is 0 Å². The van der Waals surface area contributed by atoms with Gasteiger partial charge in [0.1, 0.15) is 5.75 Å². The number of aryl methyl sites for hydroxylation is 1. The van der Waals surface area contributed by atoms with Crippen LogP contribution in [-0.4, -0.2) is 19.9 Å². The molecule has 112 valence electrons. The fourth-order valence-corrected chi connectivity index (χ4v) is 1.99. The molecule has 8 heteroatoms. The lowest BCUT2D eigenvalue weighted by Gasteiger charge is -2.10. The minimum absolute atomic E-state index is 0.0637. The monoisotopic (exact) mass is 306 g/mol. The summed E-state index contributed by atoms with van der Waals surface area (Å²) >= 11 is 0. The van der Waals surface area contributed by atoms with Crippen LogP contribution < -0.4 is 4.74 Å². The summed E-state index contributed by atoms with van der Waals surface area (Å²) in [5.74, 6) is -0.825.